The second kappa shape index (κ2) is 5.95. The van der Waals surface area contributed by atoms with Crippen LogP contribution in [0.15, 0.2) is 0 Å². The van der Waals surface area contributed by atoms with E-state index in [2.05, 4.69) is 48.8 Å². The number of rotatable bonds is 4. The lowest BCUT2D eigenvalue weighted by Gasteiger charge is -2.06. The first-order valence-electron chi connectivity index (χ1n) is 3.85. The molecule has 2 unspecified atom stereocenters. The number of hydrogen-bond acceptors (Lipinski definition) is 4. The SMILES string of the molecule is SCCCC1SCC(CS)S1. The van der Waals surface area contributed by atoms with Gasteiger partial charge in [0.25, 0.3) is 0 Å². The molecule has 1 saturated heterocycles. The van der Waals surface area contributed by atoms with E-state index in [1.165, 1.54) is 18.6 Å². The molecule has 0 bridgehead atoms. The van der Waals surface area contributed by atoms with Gasteiger partial charge in [-0.05, 0) is 18.6 Å². The third kappa shape index (κ3) is 3.75. The van der Waals surface area contributed by atoms with Crippen molar-refractivity contribution < 1.29 is 0 Å². The summed E-state index contributed by atoms with van der Waals surface area (Å²) in [7, 11) is 0. The molecule has 0 saturated carbocycles. The van der Waals surface area contributed by atoms with Crippen molar-refractivity contribution in [2.75, 3.05) is 17.3 Å². The Morgan fingerprint density at radius 1 is 1.36 bits per heavy atom. The zero-order chi connectivity index (χ0) is 8.10. The summed E-state index contributed by atoms with van der Waals surface area (Å²) >= 11 is 12.7. The van der Waals surface area contributed by atoms with E-state index in [9.17, 15) is 0 Å². The molecular weight excluding hydrogens is 212 g/mol. The molecule has 0 nitrogen and oxygen atoms in total. The van der Waals surface area contributed by atoms with Crippen LogP contribution in [-0.4, -0.2) is 27.1 Å². The van der Waals surface area contributed by atoms with Crippen LogP contribution in [0, 0.1) is 0 Å². The zero-order valence-corrected chi connectivity index (χ0v) is 9.82. The molecule has 1 aliphatic rings. The highest BCUT2D eigenvalue weighted by Gasteiger charge is 2.23. The van der Waals surface area contributed by atoms with Crippen LogP contribution in [0.1, 0.15) is 12.8 Å². The molecule has 1 fully saturated rings. The minimum Gasteiger partial charge on any atom is -0.179 e. The van der Waals surface area contributed by atoms with Gasteiger partial charge in [0.1, 0.15) is 0 Å². The van der Waals surface area contributed by atoms with Gasteiger partial charge < -0.3 is 0 Å². The predicted octanol–water partition coefficient (Wildman–Crippen LogP) is 2.80. The standard InChI is InChI=1S/C7H14S4/c8-3-1-2-7-10-5-6(4-9)11-7/h6-9H,1-5H2. The number of thioether (sulfide) groups is 2. The lowest BCUT2D eigenvalue weighted by atomic mass is 10.4. The lowest BCUT2D eigenvalue weighted by Crippen LogP contribution is -2.02. The first kappa shape index (κ1) is 10.5. The topological polar surface area (TPSA) is 0 Å². The first-order valence-corrected chi connectivity index (χ1v) is 7.11. The van der Waals surface area contributed by atoms with Crippen molar-refractivity contribution in [3.63, 3.8) is 0 Å². The highest BCUT2D eigenvalue weighted by Crippen LogP contribution is 2.40. The Bertz CT molecular complexity index is 107. The molecule has 0 aromatic rings. The summed E-state index contributed by atoms with van der Waals surface area (Å²) in [5.41, 5.74) is 0. The normalized spacial score (nSPS) is 31.1. The van der Waals surface area contributed by atoms with Crippen LogP contribution in [0.5, 0.6) is 0 Å². The van der Waals surface area contributed by atoms with Crippen LogP contribution in [0.4, 0.5) is 0 Å². The maximum Gasteiger partial charge on any atom is 0.0506 e. The fourth-order valence-electron chi connectivity index (χ4n) is 1.01. The summed E-state index contributed by atoms with van der Waals surface area (Å²) in [6.07, 6.45) is 2.58. The Kier molecular flexibility index (Phi) is 5.67. The van der Waals surface area contributed by atoms with Crippen molar-refractivity contribution in [2.24, 2.45) is 0 Å². The molecule has 1 rings (SSSR count). The van der Waals surface area contributed by atoms with Gasteiger partial charge in [-0.3, -0.25) is 0 Å². The molecule has 1 heterocycles. The highest BCUT2D eigenvalue weighted by molar-refractivity contribution is 8.20. The molecule has 1 aliphatic heterocycles. The van der Waals surface area contributed by atoms with E-state index in [1.807, 2.05) is 0 Å². The third-order valence-corrected chi connectivity index (χ3v) is 6.03. The molecule has 4 heteroatoms. The number of hydrogen-bond donors (Lipinski definition) is 2. The van der Waals surface area contributed by atoms with Gasteiger partial charge in [-0.15, -0.1) is 23.5 Å². The molecule has 0 N–H and O–H groups in total. The van der Waals surface area contributed by atoms with Crippen molar-refractivity contribution in [3.05, 3.63) is 0 Å². The summed E-state index contributed by atoms with van der Waals surface area (Å²) in [5.74, 6) is 3.36. The molecule has 66 valence electrons. The van der Waals surface area contributed by atoms with E-state index in [0.717, 1.165) is 21.3 Å². The molecule has 2 atom stereocenters. The summed E-state index contributed by atoms with van der Waals surface area (Å²) in [6, 6.07) is 0. The Balaban J connectivity index is 2.09. The Labute approximate surface area is 88.5 Å². The van der Waals surface area contributed by atoms with Crippen molar-refractivity contribution in [3.8, 4) is 0 Å². The Morgan fingerprint density at radius 3 is 2.73 bits per heavy atom. The van der Waals surface area contributed by atoms with E-state index < -0.39 is 0 Å². The maximum atomic E-state index is 4.30. The van der Waals surface area contributed by atoms with Crippen LogP contribution in [0.25, 0.3) is 0 Å². The van der Waals surface area contributed by atoms with Crippen LogP contribution in [0.3, 0.4) is 0 Å². The molecule has 11 heavy (non-hydrogen) atoms. The van der Waals surface area contributed by atoms with Crippen LogP contribution in [0.2, 0.25) is 0 Å². The van der Waals surface area contributed by atoms with Gasteiger partial charge in [-0.1, -0.05) is 0 Å². The van der Waals surface area contributed by atoms with Gasteiger partial charge in [0, 0.05) is 16.8 Å². The quantitative estimate of drug-likeness (QED) is 0.708. The highest BCUT2D eigenvalue weighted by atomic mass is 32.2. The fourth-order valence-corrected chi connectivity index (χ4v) is 5.03. The van der Waals surface area contributed by atoms with Crippen LogP contribution < -0.4 is 0 Å². The van der Waals surface area contributed by atoms with E-state index in [4.69, 9.17) is 0 Å². The average molecular weight is 226 g/mol. The van der Waals surface area contributed by atoms with Gasteiger partial charge in [0.15, 0.2) is 0 Å². The van der Waals surface area contributed by atoms with Gasteiger partial charge in [-0.2, -0.15) is 25.3 Å². The minimum atomic E-state index is 0.799. The summed E-state index contributed by atoms with van der Waals surface area (Å²) in [4.78, 5) is 0. The Morgan fingerprint density at radius 2 is 2.18 bits per heavy atom. The largest absolute Gasteiger partial charge is 0.179 e. The van der Waals surface area contributed by atoms with Gasteiger partial charge in [0.2, 0.25) is 0 Å². The monoisotopic (exact) mass is 226 g/mol. The van der Waals surface area contributed by atoms with Crippen molar-refractivity contribution in [1.29, 1.82) is 0 Å². The first-order chi connectivity index (χ1) is 5.36. The van der Waals surface area contributed by atoms with Gasteiger partial charge in [0.05, 0.1) is 4.58 Å². The smallest absolute Gasteiger partial charge is 0.0506 e. The van der Waals surface area contributed by atoms with E-state index >= 15 is 0 Å². The van der Waals surface area contributed by atoms with Crippen molar-refractivity contribution in [1.82, 2.24) is 0 Å². The van der Waals surface area contributed by atoms with E-state index in [0.29, 0.717) is 0 Å². The second-order valence-corrected chi connectivity index (χ2v) is 6.42. The Hall–Kier alpha value is 1.40. The molecule has 0 aromatic heterocycles. The van der Waals surface area contributed by atoms with Crippen molar-refractivity contribution >= 4 is 48.8 Å². The maximum absolute atomic E-state index is 4.30. The van der Waals surface area contributed by atoms with Crippen LogP contribution in [-0.2, 0) is 0 Å². The molecule has 0 aliphatic carbocycles. The molecule has 0 aromatic carbocycles. The predicted molar refractivity (Wildman–Crippen MR) is 64.6 cm³/mol. The van der Waals surface area contributed by atoms with Gasteiger partial charge >= 0.3 is 0 Å². The summed E-state index contributed by atoms with van der Waals surface area (Å²) < 4.78 is 0.833. The van der Waals surface area contributed by atoms with Crippen LogP contribution >= 0.6 is 48.8 Å². The second-order valence-electron chi connectivity index (χ2n) is 2.57. The summed E-state index contributed by atoms with van der Waals surface area (Å²) in [5, 5.41) is 0.799. The van der Waals surface area contributed by atoms with Gasteiger partial charge in [-0.25, -0.2) is 0 Å². The fraction of sp³-hybridized carbons (Fsp3) is 1.00. The molecule has 0 spiro atoms. The average Bonchev–Trinajstić information content (AvgIpc) is 2.48. The molecular formula is C7H14S4. The van der Waals surface area contributed by atoms with Crippen molar-refractivity contribution in [2.45, 2.75) is 22.7 Å². The third-order valence-electron chi connectivity index (χ3n) is 1.61. The minimum absolute atomic E-state index is 0.799. The van der Waals surface area contributed by atoms with E-state index in [1.54, 1.807) is 0 Å². The zero-order valence-electron chi connectivity index (χ0n) is 6.40. The lowest BCUT2D eigenvalue weighted by molar-refractivity contribution is 0.885. The molecule has 0 amide bonds. The van der Waals surface area contributed by atoms with E-state index in [-0.39, 0.29) is 0 Å². The molecule has 0 radical (unpaired) electrons. The number of thiol groups is 2. The summed E-state index contributed by atoms with van der Waals surface area (Å²) in [6.45, 7) is 0.